The lowest BCUT2D eigenvalue weighted by molar-refractivity contribution is 0.680. The number of hydrogen-bond acceptors (Lipinski definition) is 1. The number of alkyl halides is 1. The summed E-state index contributed by atoms with van der Waals surface area (Å²) >= 11 is 5.77. The average Bonchev–Trinajstić information content (AvgIpc) is 2.71. The smallest absolute Gasteiger partial charge is 0.0664 e. The van der Waals surface area contributed by atoms with Crippen LogP contribution in [0.4, 0.5) is 0 Å². The van der Waals surface area contributed by atoms with E-state index >= 15 is 0 Å². The molecule has 0 aliphatic heterocycles. The summed E-state index contributed by atoms with van der Waals surface area (Å²) in [5, 5.41) is 4.32. The minimum Gasteiger partial charge on any atom is -0.268 e. The van der Waals surface area contributed by atoms with E-state index in [0.717, 1.165) is 12.1 Å². The summed E-state index contributed by atoms with van der Waals surface area (Å²) in [5.41, 5.74) is 6.37. The van der Waals surface area contributed by atoms with E-state index in [1.165, 1.54) is 22.3 Å². The maximum atomic E-state index is 5.77. The van der Waals surface area contributed by atoms with Gasteiger partial charge in [-0.15, -0.1) is 11.6 Å². The van der Waals surface area contributed by atoms with Crippen LogP contribution in [0, 0.1) is 20.8 Å². The van der Waals surface area contributed by atoms with Crippen molar-refractivity contribution in [3.8, 4) is 0 Å². The second-order valence-electron chi connectivity index (χ2n) is 4.56. The maximum Gasteiger partial charge on any atom is 0.0664 e. The summed E-state index contributed by atoms with van der Waals surface area (Å²) in [4.78, 5) is 0. The van der Waals surface area contributed by atoms with E-state index in [2.05, 4.69) is 38.0 Å². The first-order valence-corrected chi connectivity index (χ1v) is 6.27. The maximum absolute atomic E-state index is 5.77. The Bertz CT molecular complexity index is 506. The molecule has 0 radical (unpaired) electrons. The Morgan fingerprint density at radius 1 is 1.18 bits per heavy atom. The molecule has 3 heteroatoms. The molecule has 2 nitrogen and oxygen atoms in total. The van der Waals surface area contributed by atoms with E-state index in [0.29, 0.717) is 5.88 Å². The Morgan fingerprint density at radius 3 is 2.35 bits per heavy atom. The molecule has 90 valence electrons. The number of nitrogens with zero attached hydrogens (tertiary/aromatic N) is 2. The van der Waals surface area contributed by atoms with Gasteiger partial charge in [0.05, 0.1) is 18.6 Å². The molecule has 0 bridgehead atoms. The highest BCUT2D eigenvalue weighted by Crippen LogP contribution is 2.17. The normalized spacial score (nSPS) is 10.8. The molecule has 0 spiro atoms. The molecule has 0 unspecified atom stereocenters. The molecule has 0 fully saturated rings. The molecule has 17 heavy (non-hydrogen) atoms. The second kappa shape index (κ2) is 4.92. The van der Waals surface area contributed by atoms with Crippen molar-refractivity contribution in [3.63, 3.8) is 0 Å². The fourth-order valence-electron chi connectivity index (χ4n) is 2.18. The summed E-state index contributed by atoms with van der Waals surface area (Å²) in [7, 11) is 0. The Balaban J connectivity index is 2.29. The van der Waals surface area contributed by atoms with Gasteiger partial charge < -0.3 is 0 Å². The predicted molar refractivity (Wildman–Crippen MR) is 71.5 cm³/mol. The Kier molecular flexibility index (Phi) is 3.53. The van der Waals surface area contributed by atoms with Gasteiger partial charge in [0.15, 0.2) is 0 Å². The molecule has 1 heterocycles. The molecular weight excluding hydrogens is 232 g/mol. The van der Waals surface area contributed by atoms with E-state index in [1.54, 1.807) is 0 Å². The first-order valence-electron chi connectivity index (χ1n) is 5.74. The molecular formula is C14H17ClN2. The van der Waals surface area contributed by atoms with Crippen molar-refractivity contribution in [2.24, 2.45) is 0 Å². The quantitative estimate of drug-likeness (QED) is 0.759. The molecule has 0 saturated heterocycles. The van der Waals surface area contributed by atoms with Crippen LogP contribution < -0.4 is 0 Å². The van der Waals surface area contributed by atoms with Crippen LogP contribution in [0.3, 0.4) is 0 Å². The van der Waals surface area contributed by atoms with Gasteiger partial charge in [-0.25, -0.2) is 0 Å². The fraction of sp³-hybridized carbons (Fsp3) is 0.357. The lowest BCUT2D eigenvalue weighted by atomic mass is 10.00. The minimum atomic E-state index is 0.520. The van der Waals surface area contributed by atoms with Crippen LogP contribution in [0.25, 0.3) is 0 Å². The van der Waals surface area contributed by atoms with Gasteiger partial charge in [0.2, 0.25) is 0 Å². The van der Waals surface area contributed by atoms with Crippen molar-refractivity contribution < 1.29 is 0 Å². The highest BCUT2D eigenvalue weighted by molar-refractivity contribution is 6.17. The molecule has 2 rings (SSSR count). The molecule has 0 amide bonds. The van der Waals surface area contributed by atoms with E-state index in [1.807, 2.05) is 17.1 Å². The van der Waals surface area contributed by atoms with Gasteiger partial charge in [-0.2, -0.15) is 5.10 Å². The third kappa shape index (κ3) is 2.70. The van der Waals surface area contributed by atoms with Crippen molar-refractivity contribution in [1.29, 1.82) is 0 Å². The summed E-state index contributed by atoms with van der Waals surface area (Å²) in [6.45, 7) is 7.25. The van der Waals surface area contributed by atoms with E-state index in [-0.39, 0.29) is 0 Å². The standard InChI is InChI=1S/C14H17ClN2/c1-10-4-11(2)14(12(3)5-10)9-17-8-13(6-15)7-16-17/h4-5,7-8H,6,9H2,1-3H3. The number of aromatic nitrogens is 2. The first-order chi connectivity index (χ1) is 8.10. The van der Waals surface area contributed by atoms with Crippen LogP contribution in [0.5, 0.6) is 0 Å². The zero-order chi connectivity index (χ0) is 12.4. The van der Waals surface area contributed by atoms with Crippen molar-refractivity contribution in [3.05, 3.63) is 52.3 Å². The van der Waals surface area contributed by atoms with Crippen LogP contribution >= 0.6 is 11.6 Å². The summed E-state index contributed by atoms with van der Waals surface area (Å²) in [5.74, 6) is 0.520. The SMILES string of the molecule is Cc1cc(C)c(Cn2cc(CCl)cn2)c(C)c1. The van der Waals surface area contributed by atoms with E-state index < -0.39 is 0 Å². The predicted octanol–water partition coefficient (Wildman–Crippen LogP) is 3.60. The van der Waals surface area contributed by atoms with E-state index in [9.17, 15) is 0 Å². The van der Waals surface area contributed by atoms with Crippen LogP contribution in [0.2, 0.25) is 0 Å². The monoisotopic (exact) mass is 248 g/mol. The molecule has 0 atom stereocenters. The van der Waals surface area contributed by atoms with E-state index in [4.69, 9.17) is 11.6 Å². The van der Waals surface area contributed by atoms with Crippen LogP contribution in [-0.2, 0) is 12.4 Å². The zero-order valence-electron chi connectivity index (χ0n) is 10.5. The number of benzene rings is 1. The second-order valence-corrected chi connectivity index (χ2v) is 4.82. The first kappa shape index (κ1) is 12.2. The average molecular weight is 249 g/mol. The van der Waals surface area contributed by atoms with Gasteiger partial charge in [-0.3, -0.25) is 4.68 Å². The third-order valence-corrected chi connectivity index (χ3v) is 3.31. The van der Waals surface area contributed by atoms with Gasteiger partial charge >= 0.3 is 0 Å². The van der Waals surface area contributed by atoms with Crippen LogP contribution in [0.15, 0.2) is 24.5 Å². The Morgan fingerprint density at radius 2 is 1.82 bits per heavy atom. The number of aryl methyl sites for hydroxylation is 3. The van der Waals surface area contributed by atoms with Crippen LogP contribution in [0.1, 0.15) is 27.8 Å². The number of rotatable bonds is 3. The summed E-state index contributed by atoms with van der Waals surface area (Å²) < 4.78 is 1.95. The van der Waals surface area contributed by atoms with Crippen molar-refractivity contribution in [2.45, 2.75) is 33.2 Å². The topological polar surface area (TPSA) is 17.8 Å². The fourth-order valence-corrected chi connectivity index (χ4v) is 2.32. The molecule has 0 aliphatic carbocycles. The highest BCUT2D eigenvalue weighted by atomic mass is 35.5. The Hall–Kier alpha value is -1.28. The Labute approximate surface area is 107 Å². The molecule has 1 aromatic heterocycles. The van der Waals surface area contributed by atoms with Crippen molar-refractivity contribution in [1.82, 2.24) is 9.78 Å². The number of hydrogen-bond donors (Lipinski definition) is 0. The van der Waals surface area contributed by atoms with Crippen LogP contribution in [-0.4, -0.2) is 9.78 Å². The molecule has 2 aromatic rings. The highest BCUT2D eigenvalue weighted by Gasteiger charge is 2.05. The minimum absolute atomic E-state index is 0.520. The van der Waals surface area contributed by atoms with Gasteiger partial charge in [-0.05, 0) is 37.5 Å². The molecule has 0 saturated carbocycles. The number of halogens is 1. The summed E-state index contributed by atoms with van der Waals surface area (Å²) in [6.07, 6.45) is 3.83. The van der Waals surface area contributed by atoms with Gasteiger partial charge in [0.1, 0.15) is 0 Å². The van der Waals surface area contributed by atoms with Gasteiger partial charge in [0, 0.05) is 11.8 Å². The molecule has 1 aromatic carbocycles. The third-order valence-electron chi connectivity index (χ3n) is 3.00. The lowest BCUT2D eigenvalue weighted by Gasteiger charge is -2.11. The molecule has 0 N–H and O–H groups in total. The molecule has 0 aliphatic rings. The van der Waals surface area contributed by atoms with Gasteiger partial charge in [-0.1, -0.05) is 17.7 Å². The zero-order valence-corrected chi connectivity index (χ0v) is 11.3. The largest absolute Gasteiger partial charge is 0.268 e. The van der Waals surface area contributed by atoms with Crippen molar-refractivity contribution in [2.75, 3.05) is 0 Å². The lowest BCUT2D eigenvalue weighted by Crippen LogP contribution is -2.04. The summed E-state index contributed by atoms with van der Waals surface area (Å²) in [6, 6.07) is 4.43. The van der Waals surface area contributed by atoms with Crippen molar-refractivity contribution >= 4 is 11.6 Å². The van der Waals surface area contributed by atoms with Gasteiger partial charge in [0.25, 0.3) is 0 Å².